The first-order chi connectivity index (χ1) is 15.0. The lowest BCUT2D eigenvalue weighted by atomic mass is 9.63. The van der Waals surface area contributed by atoms with Gasteiger partial charge in [0.05, 0.1) is 17.5 Å². The van der Waals surface area contributed by atoms with Crippen LogP contribution in [0.1, 0.15) is 27.9 Å². The lowest BCUT2D eigenvalue weighted by molar-refractivity contribution is -0.124. The largest absolute Gasteiger partial charge is 0.322 e. The summed E-state index contributed by atoms with van der Waals surface area (Å²) < 4.78 is 0. The van der Waals surface area contributed by atoms with Crippen molar-refractivity contribution in [2.24, 2.45) is 35.5 Å². The van der Waals surface area contributed by atoms with Crippen LogP contribution in [0.5, 0.6) is 0 Å². The molecule has 3 amide bonds. The number of carbonyl (C=O) groups excluding carboxylic acids is 3. The van der Waals surface area contributed by atoms with Gasteiger partial charge >= 0.3 is 0 Å². The van der Waals surface area contributed by atoms with E-state index < -0.39 is 0 Å². The number of rotatable bonds is 3. The molecule has 0 spiro atoms. The smallest absolute Gasteiger partial charge is 0.255 e. The van der Waals surface area contributed by atoms with Crippen molar-refractivity contribution >= 4 is 29.1 Å². The molecule has 7 rings (SSSR count). The quantitative estimate of drug-likeness (QED) is 0.609. The summed E-state index contributed by atoms with van der Waals surface area (Å²) in [5, 5.41) is 2.96. The minimum atomic E-state index is -0.255. The monoisotopic (exact) mass is 412 g/mol. The molecule has 4 aliphatic carbocycles. The molecule has 2 bridgehead atoms. The van der Waals surface area contributed by atoms with E-state index in [2.05, 4.69) is 17.5 Å². The number of hydrogen-bond donors (Lipinski definition) is 1. The fourth-order valence-electron chi connectivity index (χ4n) is 6.08. The first kappa shape index (κ1) is 18.6. The molecule has 1 saturated heterocycles. The molecule has 0 radical (unpaired) electrons. The number of nitrogens with zero attached hydrogens (tertiary/aromatic N) is 1. The van der Waals surface area contributed by atoms with Crippen LogP contribution in [0, 0.1) is 49.4 Å². The first-order valence-corrected chi connectivity index (χ1v) is 11.0. The SMILES string of the molecule is Cc1cccc(NC(=O)c2cccc(N3C(=O)C4C5C=CC(C6CC56)C4C3=O)c2)c1C. The molecule has 2 aromatic carbocycles. The average Bonchev–Trinajstić information content (AvgIpc) is 3.55. The van der Waals surface area contributed by atoms with Gasteiger partial charge in [0.2, 0.25) is 11.8 Å². The number of hydrogen-bond acceptors (Lipinski definition) is 3. The summed E-state index contributed by atoms with van der Waals surface area (Å²) in [4.78, 5) is 40.9. The minimum Gasteiger partial charge on any atom is -0.322 e. The van der Waals surface area contributed by atoms with Crippen LogP contribution in [0.3, 0.4) is 0 Å². The van der Waals surface area contributed by atoms with Crippen LogP contribution in [-0.4, -0.2) is 17.7 Å². The predicted molar refractivity (Wildman–Crippen MR) is 118 cm³/mol. The summed E-state index contributed by atoms with van der Waals surface area (Å²) in [6, 6.07) is 12.6. The topological polar surface area (TPSA) is 66.5 Å². The van der Waals surface area contributed by atoms with Crippen LogP contribution >= 0.6 is 0 Å². The summed E-state index contributed by atoms with van der Waals surface area (Å²) in [5.74, 6) is 0.589. The van der Waals surface area contributed by atoms with Gasteiger partial charge in [-0.3, -0.25) is 14.4 Å². The average molecular weight is 412 g/mol. The van der Waals surface area contributed by atoms with Crippen LogP contribution in [0.25, 0.3) is 0 Å². The van der Waals surface area contributed by atoms with Gasteiger partial charge in [-0.25, -0.2) is 4.90 Å². The lowest BCUT2D eigenvalue weighted by Crippen LogP contribution is -2.40. The Hall–Kier alpha value is -3.21. The van der Waals surface area contributed by atoms with Crippen LogP contribution in [0.4, 0.5) is 11.4 Å². The van der Waals surface area contributed by atoms with Gasteiger partial charge in [0.15, 0.2) is 0 Å². The highest BCUT2D eigenvalue weighted by atomic mass is 16.2. The second-order valence-corrected chi connectivity index (χ2v) is 9.42. The van der Waals surface area contributed by atoms with Crippen molar-refractivity contribution in [2.75, 3.05) is 10.2 Å². The molecule has 6 atom stereocenters. The Balaban J connectivity index is 1.29. The predicted octanol–water partition coefficient (Wildman–Crippen LogP) is 4.11. The molecule has 1 N–H and O–H groups in total. The Labute approximate surface area is 181 Å². The van der Waals surface area contributed by atoms with Gasteiger partial charge in [-0.1, -0.05) is 30.4 Å². The third-order valence-electron chi connectivity index (χ3n) is 7.88. The molecule has 6 unspecified atom stereocenters. The number of carbonyl (C=O) groups is 3. The highest BCUT2D eigenvalue weighted by Gasteiger charge is 2.67. The fraction of sp³-hybridized carbons (Fsp3) is 0.346. The van der Waals surface area contributed by atoms with Gasteiger partial charge in [0.1, 0.15) is 0 Å². The molecular formula is C26H24N2O3. The maximum atomic E-state index is 13.3. The van der Waals surface area contributed by atoms with E-state index in [1.807, 2.05) is 32.0 Å². The summed E-state index contributed by atoms with van der Waals surface area (Å²) in [7, 11) is 0. The Bertz CT molecular complexity index is 1150. The molecule has 31 heavy (non-hydrogen) atoms. The Kier molecular flexibility index (Phi) is 3.83. The molecule has 156 valence electrons. The van der Waals surface area contributed by atoms with E-state index in [4.69, 9.17) is 0 Å². The van der Waals surface area contributed by atoms with E-state index in [1.54, 1.807) is 24.3 Å². The van der Waals surface area contributed by atoms with Crippen LogP contribution in [0.15, 0.2) is 54.6 Å². The third-order valence-corrected chi connectivity index (χ3v) is 7.88. The molecule has 5 heteroatoms. The number of benzene rings is 2. The number of allylic oxidation sites excluding steroid dienone is 2. The molecule has 3 fully saturated rings. The van der Waals surface area contributed by atoms with Crippen molar-refractivity contribution in [3.05, 3.63) is 71.3 Å². The highest BCUT2D eigenvalue weighted by Crippen LogP contribution is 2.65. The number of aryl methyl sites for hydroxylation is 1. The van der Waals surface area contributed by atoms with Gasteiger partial charge < -0.3 is 5.32 Å². The third kappa shape index (κ3) is 2.59. The fourth-order valence-corrected chi connectivity index (χ4v) is 6.08. The van der Waals surface area contributed by atoms with E-state index in [9.17, 15) is 14.4 Å². The number of nitrogens with one attached hydrogen (secondary N) is 1. The highest BCUT2D eigenvalue weighted by molar-refractivity contribution is 6.23. The van der Waals surface area contributed by atoms with Gasteiger partial charge in [0, 0.05) is 11.3 Å². The Morgan fingerprint density at radius 1 is 0.935 bits per heavy atom. The zero-order valence-electron chi connectivity index (χ0n) is 17.5. The normalized spacial score (nSPS) is 32.1. The van der Waals surface area contributed by atoms with Gasteiger partial charge in [-0.05, 0) is 79.3 Å². The van der Waals surface area contributed by atoms with E-state index in [1.165, 1.54) is 4.90 Å². The first-order valence-electron chi connectivity index (χ1n) is 11.0. The second-order valence-electron chi connectivity index (χ2n) is 9.42. The molecule has 2 aromatic rings. The van der Waals surface area contributed by atoms with Gasteiger partial charge in [-0.2, -0.15) is 0 Å². The molecule has 2 saturated carbocycles. The van der Waals surface area contributed by atoms with Crippen molar-refractivity contribution in [1.29, 1.82) is 0 Å². The van der Waals surface area contributed by atoms with Crippen LogP contribution < -0.4 is 10.2 Å². The minimum absolute atomic E-state index is 0.105. The summed E-state index contributed by atoms with van der Waals surface area (Å²) in [6.45, 7) is 3.97. The summed E-state index contributed by atoms with van der Waals surface area (Å²) in [5.41, 5.74) is 3.80. The number of anilines is 2. The van der Waals surface area contributed by atoms with Crippen LogP contribution in [-0.2, 0) is 9.59 Å². The zero-order valence-corrected chi connectivity index (χ0v) is 17.5. The second kappa shape index (κ2) is 6.39. The standard InChI is InChI=1S/C26H24N2O3/c1-13-5-3-8-21(14(13)2)27-24(29)15-6-4-7-16(11-15)28-25(30)22-17-9-10-18(20-12-19(17)20)23(22)26(28)31/h3-11,17-20,22-23H,12H2,1-2H3,(H,27,29). The van der Waals surface area contributed by atoms with Crippen molar-refractivity contribution < 1.29 is 14.4 Å². The lowest BCUT2D eigenvalue weighted by Gasteiger charge is -2.37. The van der Waals surface area contributed by atoms with Crippen molar-refractivity contribution in [3.63, 3.8) is 0 Å². The molecule has 5 nitrogen and oxygen atoms in total. The zero-order chi connectivity index (χ0) is 21.4. The molecule has 5 aliphatic rings. The van der Waals surface area contributed by atoms with Crippen molar-refractivity contribution in [2.45, 2.75) is 20.3 Å². The summed E-state index contributed by atoms with van der Waals surface area (Å²) >= 11 is 0. The van der Waals surface area contributed by atoms with Gasteiger partial charge in [0.25, 0.3) is 5.91 Å². The molecule has 0 aromatic heterocycles. The Morgan fingerprint density at radius 3 is 2.26 bits per heavy atom. The maximum Gasteiger partial charge on any atom is 0.255 e. The van der Waals surface area contributed by atoms with Crippen LogP contribution in [0.2, 0.25) is 0 Å². The van der Waals surface area contributed by atoms with E-state index in [-0.39, 0.29) is 41.4 Å². The van der Waals surface area contributed by atoms with Crippen molar-refractivity contribution in [1.82, 2.24) is 0 Å². The van der Waals surface area contributed by atoms with E-state index in [0.717, 1.165) is 23.2 Å². The number of amides is 3. The van der Waals surface area contributed by atoms with Crippen molar-refractivity contribution in [3.8, 4) is 0 Å². The summed E-state index contributed by atoms with van der Waals surface area (Å²) in [6.07, 6.45) is 5.48. The van der Waals surface area contributed by atoms with Gasteiger partial charge in [-0.15, -0.1) is 0 Å². The molecule has 1 heterocycles. The maximum absolute atomic E-state index is 13.3. The number of imide groups is 1. The Morgan fingerprint density at radius 2 is 1.58 bits per heavy atom. The van der Waals surface area contributed by atoms with E-state index in [0.29, 0.717) is 23.1 Å². The van der Waals surface area contributed by atoms with E-state index >= 15 is 0 Å². The molecular weight excluding hydrogens is 388 g/mol. The molecule has 1 aliphatic heterocycles.